The zero-order valence-electron chi connectivity index (χ0n) is 13.7. The van der Waals surface area contributed by atoms with Crippen molar-refractivity contribution in [2.75, 3.05) is 6.61 Å². The van der Waals surface area contributed by atoms with Crippen LogP contribution >= 0.6 is 0 Å². The molecule has 0 unspecified atom stereocenters. The Hall–Kier alpha value is -3.28. The number of furan rings is 1. The summed E-state index contributed by atoms with van der Waals surface area (Å²) in [6.07, 6.45) is -0.774. The first kappa shape index (κ1) is 16.6. The SMILES string of the molecule is CCOC(=O)Oc1ccc(C(=O)NCc2cc3ccccc3o2)cc1. The fourth-order valence-corrected chi connectivity index (χ4v) is 2.31. The zero-order chi connectivity index (χ0) is 17.6. The number of hydrogen-bond acceptors (Lipinski definition) is 5. The predicted molar refractivity (Wildman–Crippen MR) is 91.5 cm³/mol. The molecular formula is C19H17NO5. The molecule has 25 heavy (non-hydrogen) atoms. The van der Waals surface area contributed by atoms with Crippen molar-refractivity contribution in [3.63, 3.8) is 0 Å². The average molecular weight is 339 g/mol. The van der Waals surface area contributed by atoms with Gasteiger partial charge in [0.2, 0.25) is 0 Å². The van der Waals surface area contributed by atoms with Crippen LogP contribution in [0.15, 0.2) is 59.0 Å². The van der Waals surface area contributed by atoms with Crippen LogP contribution < -0.4 is 10.1 Å². The van der Waals surface area contributed by atoms with Crippen LogP contribution in [0.1, 0.15) is 23.0 Å². The predicted octanol–water partition coefficient (Wildman–Crippen LogP) is 3.90. The van der Waals surface area contributed by atoms with Crippen LogP contribution in [0.4, 0.5) is 4.79 Å². The Morgan fingerprint density at radius 1 is 1.08 bits per heavy atom. The number of nitrogens with one attached hydrogen (secondary N) is 1. The molecule has 0 aliphatic rings. The lowest BCUT2D eigenvalue weighted by molar-refractivity contribution is 0.0948. The smallest absolute Gasteiger partial charge is 0.459 e. The Labute approximate surface area is 144 Å². The molecule has 6 nitrogen and oxygen atoms in total. The molecule has 0 bridgehead atoms. The number of para-hydroxylation sites is 1. The standard InChI is InChI=1S/C19H17NO5/c1-2-23-19(22)25-15-9-7-13(8-10-15)18(21)20-12-16-11-14-5-3-4-6-17(14)24-16/h3-11H,2,12H2,1H3,(H,20,21). The number of ether oxygens (including phenoxy) is 2. The van der Waals surface area contributed by atoms with Gasteiger partial charge in [0.05, 0.1) is 13.2 Å². The molecule has 1 aromatic heterocycles. The van der Waals surface area contributed by atoms with E-state index >= 15 is 0 Å². The number of benzene rings is 2. The molecule has 3 rings (SSSR count). The van der Waals surface area contributed by atoms with Gasteiger partial charge in [0.15, 0.2) is 0 Å². The third-order valence-corrected chi connectivity index (χ3v) is 3.48. The lowest BCUT2D eigenvalue weighted by Crippen LogP contribution is -2.22. The van der Waals surface area contributed by atoms with Gasteiger partial charge in [-0.1, -0.05) is 18.2 Å². The quantitative estimate of drug-likeness (QED) is 0.563. The molecule has 0 atom stereocenters. The highest BCUT2D eigenvalue weighted by molar-refractivity contribution is 5.94. The van der Waals surface area contributed by atoms with E-state index in [9.17, 15) is 9.59 Å². The highest BCUT2D eigenvalue weighted by atomic mass is 16.7. The summed E-state index contributed by atoms with van der Waals surface area (Å²) in [5.74, 6) is 0.743. The Morgan fingerprint density at radius 2 is 1.84 bits per heavy atom. The van der Waals surface area contributed by atoms with Gasteiger partial charge in [-0.3, -0.25) is 4.79 Å². The second kappa shape index (κ2) is 7.53. The summed E-state index contributed by atoms with van der Waals surface area (Å²) < 4.78 is 15.3. The minimum Gasteiger partial charge on any atom is -0.459 e. The Balaban J connectivity index is 1.58. The van der Waals surface area contributed by atoms with Crippen LogP contribution in [0.2, 0.25) is 0 Å². The van der Waals surface area contributed by atoms with E-state index in [0.717, 1.165) is 11.0 Å². The second-order valence-electron chi connectivity index (χ2n) is 5.24. The minimum atomic E-state index is -0.774. The minimum absolute atomic E-state index is 0.237. The number of hydrogen-bond donors (Lipinski definition) is 1. The van der Waals surface area contributed by atoms with Gasteiger partial charge in [-0.25, -0.2) is 4.79 Å². The van der Waals surface area contributed by atoms with E-state index < -0.39 is 6.16 Å². The van der Waals surface area contributed by atoms with Crippen LogP contribution in [-0.4, -0.2) is 18.7 Å². The van der Waals surface area contributed by atoms with Crippen molar-refractivity contribution in [3.05, 3.63) is 65.9 Å². The Morgan fingerprint density at radius 3 is 2.56 bits per heavy atom. The van der Waals surface area contributed by atoms with Crippen molar-refractivity contribution in [2.45, 2.75) is 13.5 Å². The van der Waals surface area contributed by atoms with Gasteiger partial charge in [-0.15, -0.1) is 0 Å². The molecule has 0 spiro atoms. The molecule has 0 aliphatic carbocycles. The van der Waals surface area contributed by atoms with Gasteiger partial charge in [0, 0.05) is 10.9 Å². The summed E-state index contributed by atoms with van der Waals surface area (Å²) in [6.45, 7) is 2.21. The molecule has 1 amide bonds. The van der Waals surface area contributed by atoms with E-state index in [4.69, 9.17) is 9.15 Å². The fraction of sp³-hybridized carbons (Fsp3) is 0.158. The maximum Gasteiger partial charge on any atom is 0.513 e. The third kappa shape index (κ3) is 4.17. The number of fused-ring (bicyclic) bond motifs is 1. The summed E-state index contributed by atoms with van der Waals surface area (Å²) in [5, 5.41) is 3.78. The molecule has 128 valence electrons. The van der Waals surface area contributed by atoms with Gasteiger partial charge in [-0.2, -0.15) is 0 Å². The molecule has 0 fully saturated rings. The average Bonchev–Trinajstić information content (AvgIpc) is 3.03. The first-order chi connectivity index (χ1) is 12.2. The van der Waals surface area contributed by atoms with Crippen molar-refractivity contribution >= 4 is 23.0 Å². The van der Waals surface area contributed by atoms with Crippen molar-refractivity contribution in [1.29, 1.82) is 0 Å². The van der Waals surface area contributed by atoms with Crippen LogP contribution in [-0.2, 0) is 11.3 Å². The summed E-state index contributed by atoms with van der Waals surface area (Å²) in [6, 6.07) is 15.8. The van der Waals surface area contributed by atoms with Gasteiger partial charge in [0.1, 0.15) is 17.1 Å². The number of carbonyl (C=O) groups is 2. The van der Waals surface area contributed by atoms with Crippen LogP contribution in [0, 0.1) is 0 Å². The van der Waals surface area contributed by atoms with Crippen molar-refractivity contribution in [2.24, 2.45) is 0 Å². The lowest BCUT2D eigenvalue weighted by Gasteiger charge is -2.06. The highest BCUT2D eigenvalue weighted by Gasteiger charge is 2.09. The van der Waals surface area contributed by atoms with Crippen molar-refractivity contribution in [1.82, 2.24) is 5.32 Å². The van der Waals surface area contributed by atoms with E-state index in [1.165, 1.54) is 12.1 Å². The van der Waals surface area contributed by atoms with Crippen LogP contribution in [0.25, 0.3) is 11.0 Å². The van der Waals surface area contributed by atoms with Gasteiger partial charge < -0.3 is 19.2 Å². The van der Waals surface area contributed by atoms with E-state index in [1.807, 2.05) is 30.3 Å². The summed E-state index contributed by atoms with van der Waals surface area (Å²) in [5.41, 5.74) is 1.24. The van der Waals surface area contributed by atoms with E-state index in [2.05, 4.69) is 10.1 Å². The molecule has 0 radical (unpaired) electrons. The molecule has 1 heterocycles. The molecule has 3 aromatic rings. The third-order valence-electron chi connectivity index (χ3n) is 3.48. The van der Waals surface area contributed by atoms with E-state index in [0.29, 0.717) is 17.1 Å². The van der Waals surface area contributed by atoms with Gasteiger partial charge in [0.25, 0.3) is 5.91 Å². The van der Waals surface area contributed by atoms with Gasteiger partial charge in [-0.05, 0) is 43.3 Å². The summed E-state index contributed by atoms with van der Waals surface area (Å²) in [7, 11) is 0. The van der Waals surface area contributed by atoms with Crippen molar-refractivity contribution < 1.29 is 23.5 Å². The maximum atomic E-state index is 12.2. The zero-order valence-corrected chi connectivity index (χ0v) is 13.7. The summed E-state index contributed by atoms with van der Waals surface area (Å²) in [4.78, 5) is 23.4. The van der Waals surface area contributed by atoms with Crippen LogP contribution in [0.3, 0.4) is 0 Å². The topological polar surface area (TPSA) is 77.8 Å². The molecule has 6 heteroatoms. The normalized spacial score (nSPS) is 10.4. The first-order valence-electron chi connectivity index (χ1n) is 7.86. The molecule has 0 saturated heterocycles. The summed E-state index contributed by atoms with van der Waals surface area (Å²) >= 11 is 0. The largest absolute Gasteiger partial charge is 0.513 e. The number of carbonyl (C=O) groups excluding carboxylic acids is 2. The van der Waals surface area contributed by atoms with Crippen molar-refractivity contribution in [3.8, 4) is 5.75 Å². The maximum absolute atomic E-state index is 12.2. The number of rotatable bonds is 5. The molecular weight excluding hydrogens is 322 g/mol. The molecule has 2 aromatic carbocycles. The first-order valence-corrected chi connectivity index (χ1v) is 7.86. The Kier molecular flexibility index (Phi) is 4.99. The highest BCUT2D eigenvalue weighted by Crippen LogP contribution is 2.19. The monoisotopic (exact) mass is 339 g/mol. The molecule has 0 aliphatic heterocycles. The molecule has 0 saturated carbocycles. The number of amides is 1. The molecule has 1 N–H and O–H groups in total. The van der Waals surface area contributed by atoms with Gasteiger partial charge >= 0.3 is 6.16 Å². The van der Waals surface area contributed by atoms with E-state index in [-0.39, 0.29) is 19.1 Å². The van der Waals surface area contributed by atoms with Crippen LogP contribution in [0.5, 0.6) is 5.75 Å². The fourth-order valence-electron chi connectivity index (χ4n) is 2.31. The Bertz CT molecular complexity index is 849. The van der Waals surface area contributed by atoms with E-state index in [1.54, 1.807) is 19.1 Å². The second-order valence-corrected chi connectivity index (χ2v) is 5.24. The lowest BCUT2D eigenvalue weighted by atomic mass is 10.2.